The van der Waals surface area contributed by atoms with E-state index < -0.39 is 11.7 Å². The second-order valence-electron chi connectivity index (χ2n) is 7.07. The lowest BCUT2D eigenvalue weighted by Gasteiger charge is -2.34. The molecular weight excluding hydrogens is 447 g/mol. The number of carbonyl (C=O) groups is 2. The van der Waals surface area contributed by atoms with Crippen LogP contribution < -0.4 is 0 Å². The van der Waals surface area contributed by atoms with Crippen molar-refractivity contribution in [3.8, 4) is 9.88 Å². The second-order valence-corrected chi connectivity index (χ2v) is 9.02. The Bertz CT molecular complexity index is 1080. The lowest BCUT2D eigenvalue weighted by atomic mass is 10.1. The number of thiazole rings is 1. The summed E-state index contributed by atoms with van der Waals surface area (Å²) in [6, 6.07) is 8.09. The zero-order valence-corrected chi connectivity index (χ0v) is 18.1. The summed E-state index contributed by atoms with van der Waals surface area (Å²) in [6.07, 6.45) is -4.44. The predicted octanol–water partition coefficient (Wildman–Crippen LogP) is 4.80. The third kappa shape index (κ3) is 4.49. The molecule has 1 fully saturated rings. The molecule has 0 bridgehead atoms. The molecule has 162 valence electrons. The minimum Gasteiger partial charge on any atom is -0.335 e. The van der Waals surface area contributed by atoms with E-state index in [-0.39, 0.29) is 17.4 Å². The summed E-state index contributed by atoms with van der Waals surface area (Å²) in [6.45, 7) is 3.17. The third-order valence-corrected chi connectivity index (χ3v) is 7.22. The zero-order chi connectivity index (χ0) is 22.2. The lowest BCUT2D eigenvalue weighted by molar-refractivity contribution is -0.137. The van der Waals surface area contributed by atoms with E-state index in [1.165, 1.54) is 23.5 Å². The number of piperazine rings is 1. The van der Waals surface area contributed by atoms with Gasteiger partial charge in [0, 0.05) is 31.7 Å². The number of aryl methyl sites for hydroxylation is 1. The summed E-state index contributed by atoms with van der Waals surface area (Å²) in [5, 5.41) is 2.77. The van der Waals surface area contributed by atoms with Crippen molar-refractivity contribution >= 4 is 34.5 Å². The Balaban J connectivity index is 1.39. The van der Waals surface area contributed by atoms with Crippen LogP contribution in [0, 0.1) is 6.92 Å². The fourth-order valence-electron chi connectivity index (χ4n) is 3.34. The summed E-state index contributed by atoms with van der Waals surface area (Å²) in [7, 11) is 0. The molecule has 0 aliphatic carbocycles. The highest BCUT2D eigenvalue weighted by atomic mass is 32.1. The minimum absolute atomic E-state index is 0.112. The van der Waals surface area contributed by atoms with E-state index in [0.29, 0.717) is 36.8 Å². The van der Waals surface area contributed by atoms with Gasteiger partial charge in [0.1, 0.15) is 9.88 Å². The zero-order valence-electron chi connectivity index (χ0n) is 16.5. The first-order valence-corrected chi connectivity index (χ1v) is 11.2. The van der Waals surface area contributed by atoms with E-state index in [1.807, 2.05) is 24.4 Å². The minimum atomic E-state index is -4.44. The van der Waals surface area contributed by atoms with E-state index in [2.05, 4.69) is 4.98 Å². The van der Waals surface area contributed by atoms with Gasteiger partial charge in [0.15, 0.2) is 0 Å². The van der Waals surface area contributed by atoms with E-state index >= 15 is 0 Å². The fraction of sp³-hybridized carbons (Fsp3) is 0.286. The molecule has 3 heterocycles. The van der Waals surface area contributed by atoms with E-state index in [1.54, 1.807) is 21.1 Å². The number of halogens is 3. The highest BCUT2D eigenvalue weighted by molar-refractivity contribution is 7.22. The maximum Gasteiger partial charge on any atom is 0.416 e. The summed E-state index contributed by atoms with van der Waals surface area (Å²) in [5.41, 5.74) is 0.0923. The quantitative estimate of drug-likeness (QED) is 0.559. The maximum atomic E-state index is 13.0. The van der Waals surface area contributed by atoms with Crippen molar-refractivity contribution in [2.24, 2.45) is 0 Å². The van der Waals surface area contributed by atoms with Gasteiger partial charge in [-0.3, -0.25) is 9.59 Å². The first-order chi connectivity index (χ1) is 14.7. The van der Waals surface area contributed by atoms with Gasteiger partial charge in [-0.05, 0) is 42.6 Å². The number of rotatable bonds is 3. The molecule has 5 nitrogen and oxygen atoms in total. The molecule has 10 heteroatoms. The Morgan fingerprint density at radius 3 is 2.13 bits per heavy atom. The number of nitrogens with zero attached hydrogens (tertiary/aromatic N) is 3. The van der Waals surface area contributed by atoms with Crippen LogP contribution in [0.15, 0.2) is 41.8 Å². The highest BCUT2D eigenvalue weighted by Gasteiger charge is 2.31. The molecule has 0 unspecified atom stereocenters. The Hall–Kier alpha value is -2.72. The van der Waals surface area contributed by atoms with Crippen LogP contribution in [-0.4, -0.2) is 52.8 Å². The molecule has 4 rings (SSSR count). The molecule has 0 atom stereocenters. The van der Waals surface area contributed by atoms with Gasteiger partial charge in [-0.2, -0.15) is 13.2 Å². The Kier molecular flexibility index (Phi) is 5.85. The molecule has 0 N–H and O–H groups in total. The van der Waals surface area contributed by atoms with Crippen LogP contribution in [0.5, 0.6) is 0 Å². The number of hydrogen-bond donors (Lipinski definition) is 0. The second kappa shape index (κ2) is 8.43. The molecule has 2 aromatic heterocycles. The van der Waals surface area contributed by atoms with Crippen molar-refractivity contribution in [3.63, 3.8) is 0 Å². The van der Waals surface area contributed by atoms with Crippen LogP contribution >= 0.6 is 22.7 Å². The van der Waals surface area contributed by atoms with Crippen LogP contribution in [0.25, 0.3) is 9.88 Å². The van der Waals surface area contributed by atoms with Gasteiger partial charge >= 0.3 is 6.18 Å². The fourth-order valence-corrected chi connectivity index (χ4v) is 5.17. The van der Waals surface area contributed by atoms with Gasteiger partial charge in [0.25, 0.3) is 11.8 Å². The highest BCUT2D eigenvalue weighted by Crippen LogP contribution is 2.32. The number of aromatic nitrogens is 1. The van der Waals surface area contributed by atoms with Crippen molar-refractivity contribution in [1.82, 2.24) is 14.8 Å². The molecular formula is C21H18F3N3O2S2. The standard InChI is InChI=1S/C21H18F3N3O2S2/c1-13-17(31-18(25-13)16-3-2-12-30-16)20(29)27-10-8-26(9-11-27)19(28)14-4-6-15(7-5-14)21(22,23)24/h2-7,12H,8-11H2,1H3. The van der Waals surface area contributed by atoms with Crippen molar-refractivity contribution in [1.29, 1.82) is 0 Å². The summed E-state index contributed by atoms with van der Waals surface area (Å²) in [4.78, 5) is 35.0. The maximum absolute atomic E-state index is 13.0. The van der Waals surface area contributed by atoms with E-state index in [4.69, 9.17) is 0 Å². The predicted molar refractivity (Wildman–Crippen MR) is 113 cm³/mol. The molecule has 0 saturated carbocycles. The SMILES string of the molecule is Cc1nc(-c2cccs2)sc1C(=O)N1CCN(C(=O)c2ccc(C(F)(F)F)cc2)CC1. The molecule has 31 heavy (non-hydrogen) atoms. The largest absolute Gasteiger partial charge is 0.416 e. The third-order valence-electron chi connectivity index (χ3n) is 5.04. The monoisotopic (exact) mass is 465 g/mol. The first kappa shape index (κ1) is 21.5. The average Bonchev–Trinajstić information content (AvgIpc) is 3.42. The van der Waals surface area contributed by atoms with Crippen LogP contribution in [-0.2, 0) is 6.18 Å². The van der Waals surface area contributed by atoms with Crippen molar-refractivity contribution in [3.05, 3.63) is 63.5 Å². The Labute approximate surface area is 184 Å². The van der Waals surface area contributed by atoms with Gasteiger partial charge in [-0.15, -0.1) is 22.7 Å². The normalized spacial score (nSPS) is 14.7. The van der Waals surface area contributed by atoms with E-state index in [0.717, 1.165) is 22.0 Å². The topological polar surface area (TPSA) is 53.5 Å². The van der Waals surface area contributed by atoms with Gasteiger partial charge < -0.3 is 9.80 Å². The number of benzene rings is 1. The Morgan fingerprint density at radius 1 is 0.968 bits per heavy atom. The van der Waals surface area contributed by atoms with Crippen LogP contribution in [0.1, 0.15) is 31.3 Å². The first-order valence-electron chi connectivity index (χ1n) is 9.51. The number of thiophene rings is 1. The number of hydrogen-bond acceptors (Lipinski definition) is 5. The average molecular weight is 466 g/mol. The lowest BCUT2D eigenvalue weighted by Crippen LogP contribution is -2.50. The smallest absolute Gasteiger partial charge is 0.335 e. The van der Waals surface area contributed by atoms with Gasteiger partial charge in [-0.1, -0.05) is 6.07 Å². The molecule has 3 aromatic rings. The molecule has 1 aromatic carbocycles. The summed E-state index contributed by atoms with van der Waals surface area (Å²) < 4.78 is 38.1. The summed E-state index contributed by atoms with van der Waals surface area (Å²) in [5.74, 6) is -0.450. The van der Waals surface area contributed by atoms with Crippen molar-refractivity contribution < 1.29 is 22.8 Å². The number of alkyl halides is 3. The molecule has 1 aliphatic rings. The molecule has 0 spiro atoms. The van der Waals surface area contributed by atoms with Crippen molar-refractivity contribution in [2.75, 3.05) is 26.2 Å². The molecule has 0 radical (unpaired) electrons. The molecule has 1 aliphatic heterocycles. The summed E-state index contributed by atoms with van der Waals surface area (Å²) >= 11 is 2.93. The number of carbonyl (C=O) groups excluding carboxylic acids is 2. The van der Waals surface area contributed by atoms with Gasteiger partial charge in [-0.25, -0.2) is 4.98 Å². The molecule has 2 amide bonds. The van der Waals surface area contributed by atoms with Crippen molar-refractivity contribution in [2.45, 2.75) is 13.1 Å². The van der Waals surface area contributed by atoms with Gasteiger partial charge in [0.05, 0.1) is 16.1 Å². The van der Waals surface area contributed by atoms with Gasteiger partial charge in [0.2, 0.25) is 0 Å². The van der Waals surface area contributed by atoms with E-state index in [9.17, 15) is 22.8 Å². The molecule has 1 saturated heterocycles. The van der Waals surface area contributed by atoms with Crippen LogP contribution in [0.3, 0.4) is 0 Å². The van der Waals surface area contributed by atoms with Crippen LogP contribution in [0.4, 0.5) is 13.2 Å². The number of amides is 2. The Morgan fingerprint density at radius 2 is 1.58 bits per heavy atom. The van der Waals surface area contributed by atoms with Crippen LogP contribution in [0.2, 0.25) is 0 Å².